The molecule has 1 saturated heterocycles. The molecule has 1 saturated carbocycles. The lowest BCUT2D eigenvalue weighted by molar-refractivity contribution is -0.143. The van der Waals surface area contributed by atoms with Gasteiger partial charge in [-0.3, -0.25) is 9.59 Å². The molecule has 6 nitrogen and oxygen atoms in total. The number of aliphatic carboxylic acids is 1. The molecular weight excluding hydrogens is 378 g/mol. The molecule has 1 aliphatic heterocycles. The largest absolute Gasteiger partial charge is 0.481 e. The number of anilines is 1. The van der Waals surface area contributed by atoms with E-state index in [1.165, 1.54) is 24.8 Å². The predicted molar refractivity (Wildman–Crippen MR) is 119 cm³/mol. The highest BCUT2D eigenvalue weighted by Crippen LogP contribution is 2.29. The van der Waals surface area contributed by atoms with Crippen molar-refractivity contribution in [2.75, 3.05) is 25.0 Å². The maximum Gasteiger partial charge on any atom is 0.306 e. The van der Waals surface area contributed by atoms with Gasteiger partial charge in [-0.25, -0.2) is 0 Å². The minimum Gasteiger partial charge on any atom is -0.481 e. The molecule has 1 amide bonds. The standard InChI is InChI=1S/C24H33N3O3/c1-17-4-3-5-19(16-17)10-13-25-18(2)26-22-8-6-20(7-9-22)23(28)27-14-11-21(12-15-27)24(29)30/h6-9,19,21,25-26H,1-5,10-16H2,(H,29,30). The van der Waals surface area contributed by atoms with Gasteiger partial charge in [-0.2, -0.15) is 0 Å². The van der Waals surface area contributed by atoms with E-state index in [-0.39, 0.29) is 11.8 Å². The van der Waals surface area contributed by atoms with Crippen LogP contribution in [0.1, 0.15) is 55.3 Å². The molecule has 1 atom stereocenters. The summed E-state index contributed by atoms with van der Waals surface area (Å²) in [5.74, 6) is 0.319. The molecule has 6 heteroatoms. The van der Waals surface area contributed by atoms with Crippen molar-refractivity contribution in [1.82, 2.24) is 10.2 Å². The van der Waals surface area contributed by atoms with Crippen LogP contribution in [0.2, 0.25) is 0 Å². The Hall–Kier alpha value is -2.76. The summed E-state index contributed by atoms with van der Waals surface area (Å²) in [6.45, 7) is 10.0. The molecule has 1 aromatic carbocycles. The number of hydrogen-bond donors (Lipinski definition) is 3. The van der Waals surface area contributed by atoms with E-state index in [0.717, 1.165) is 36.8 Å². The molecular formula is C24H33N3O3. The van der Waals surface area contributed by atoms with Crippen LogP contribution in [0.4, 0.5) is 5.69 Å². The smallest absolute Gasteiger partial charge is 0.306 e. The number of hydrogen-bond acceptors (Lipinski definition) is 4. The van der Waals surface area contributed by atoms with Crippen molar-refractivity contribution in [3.8, 4) is 0 Å². The Labute approximate surface area is 179 Å². The number of amides is 1. The van der Waals surface area contributed by atoms with Crippen molar-refractivity contribution in [2.45, 2.75) is 44.9 Å². The number of carboxylic acid groups (broad SMARTS) is 1. The van der Waals surface area contributed by atoms with E-state index in [4.69, 9.17) is 5.11 Å². The Balaban J connectivity index is 1.41. The third-order valence-electron chi connectivity index (χ3n) is 6.17. The number of rotatable bonds is 8. The zero-order chi connectivity index (χ0) is 21.5. The van der Waals surface area contributed by atoms with E-state index in [9.17, 15) is 9.59 Å². The van der Waals surface area contributed by atoms with Crippen LogP contribution in [-0.4, -0.2) is 41.5 Å². The number of carbonyl (C=O) groups is 2. The maximum absolute atomic E-state index is 12.6. The number of carbonyl (C=O) groups excluding carboxylic acids is 1. The fourth-order valence-corrected chi connectivity index (χ4v) is 4.35. The lowest BCUT2D eigenvalue weighted by Crippen LogP contribution is -2.40. The number of nitrogens with one attached hydrogen (secondary N) is 2. The summed E-state index contributed by atoms with van der Waals surface area (Å²) >= 11 is 0. The van der Waals surface area contributed by atoms with Crippen molar-refractivity contribution in [3.63, 3.8) is 0 Å². The molecule has 0 radical (unpaired) electrons. The Bertz CT molecular complexity index is 779. The van der Waals surface area contributed by atoms with E-state index < -0.39 is 5.97 Å². The van der Waals surface area contributed by atoms with Crippen LogP contribution in [0.25, 0.3) is 0 Å². The molecule has 0 aromatic heterocycles. The van der Waals surface area contributed by atoms with Crippen molar-refractivity contribution < 1.29 is 14.7 Å². The van der Waals surface area contributed by atoms with Crippen LogP contribution in [0.5, 0.6) is 0 Å². The number of likely N-dealkylation sites (tertiary alicyclic amines) is 1. The zero-order valence-corrected chi connectivity index (χ0v) is 17.7. The minimum absolute atomic E-state index is 0.0450. The minimum atomic E-state index is -0.768. The quantitative estimate of drug-likeness (QED) is 0.558. The summed E-state index contributed by atoms with van der Waals surface area (Å²) in [6.07, 6.45) is 7.01. The molecule has 1 heterocycles. The Morgan fingerprint density at radius 1 is 1.13 bits per heavy atom. The van der Waals surface area contributed by atoms with E-state index >= 15 is 0 Å². The van der Waals surface area contributed by atoms with E-state index in [1.807, 2.05) is 12.1 Å². The van der Waals surface area contributed by atoms with Crippen molar-refractivity contribution >= 4 is 17.6 Å². The molecule has 2 fully saturated rings. The zero-order valence-electron chi connectivity index (χ0n) is 17.7. The van der Waals surface area contributed by atoms with E-state index in [2.05, 4.69) is 23.8 Å². The fraction of sp³-hybridized carbons (Fsp3) is 0.500. The van der Waals surface area contributed by atoms with Gasteiger partial charge in [0.25, 0.3) is 5.91 Å². The van der Waals surface area contributed by atoms with Gasteiger partial charge >= 0.3 is 5.97 Å². The van der Waals surface area contributed by atoms with Gasteiger partial charge in [0.15, 0.2) is 0 Å². The first-order valence-electron chi connectivity index (χ1n) is 10.9. The van der Waals surface area contributed by atoms with Crippen LogP contribution in [0.15, 0.2) is 48.8 Å². The molecule has 1 unspecified atom stereocenters. The van der Waals surface area contributed by atoms with Crippen LogP contribution < -0.4 is 10.6 Å². The van der Waals surface area contributed by atoms with Gasteiger partial charge in [0.05, 0.1) is 11.7 Å². The second kappa shape index (κ2) is 10.3. The van der Waals surface area contributed by atoms with Crippen LogP contribution in [0.3, 0.4) is 0 Å². The fourth-order valence-electron chi connectivity index (χ4n) is 4.35. The maximum atomic E-state index is 12.6. The molecule has 162 valence electrons. The first-order valence-corrected chi connectivity index (χ1v) is 10.9. The monoisotopic (exact) mass is 411 g/mol. The third kappa shape index (κ3) is 6.12. The Morgan fingerprint density at radius 2 is 1.83 bits per heavy atom. The summed E-state index contributed by atoms with van der Waals surface area (Å²) in [6, 6.07) is 7.34. The molecule has 1 aliphatic carbocycles. The molecule has 0 spiro atoms. The van der Waals surface area contributed by atoms with E-state index in [1.54, 1.807) is 17.0 Å². The average molecular weight is 412 g/mol. The van der Waals surface area contributed by atoms with Gasteiger partial charge in [-0.1, -0.05) is 18.7 Å². The Morgan fingerprint density at radius 3 is 2.47 bits per heavy atom. The highest BCUT2D eigenvalue weighted by molar-refractivity contribution is 5.94. The van der Waals surface area contributed by atoms with Crippen molar-refractivity contribution in [2.24, 2.45) is 11.8 Å². The highest BCUT2D eigenvalue weighted by atomic mass is 16.4. The van der Waals surface area contributed by atoms with Gasteiger partial charge in [0.2, 0.25) is 0 Å². The van der Waals surface area contributed by atoms with Crippen molar-refractivity contribution in [3.05, 3.63) is 54.4 Å². The summed E-state index contributed by atoms with van der Waals surface area (Å²) in [5, 5.41) is 15.7. The number of nitrogens with zero attached hydrogens (tertiary/aromatic N) is 1. The number of benzene rings is 1. The van der Waals surface area contributed by atoms with E-state index in [0.29, 0.717) is 31.5 Å². The molecule has 3 rings (SSSR count). The highest BCUT2D eigenvalue weighted by Gasteiger charge is 2.27. The first-order chi connectivity index (χ1) is 14.4. The summed E-state index contributed by atoms with van der Waals surface area (Å²) in [7, 11) is 0. The second-order valence-corrected chi connectivity index (χ2v) is 8.51. The molecule has 30 heavy (non-hydrogen) atoms. The van der Waals surface area contributed by atoms with Gasteiger partial charge in [0.1, 0.15) is 0 Å². The molecule has 3 N–H and O–H groups in total. The molecule has 0 bridgehead atoms. The van der Waals surface area contributed by atoms with Gasteiger partial charge in [-0.15, -0.1) is 0 Å². The summed E-state index contributed by atoms with van der Waals surface area (Å²) < 4.78 is 0. The van der Waals surface area contributed by atoms with Gasteiger partial charge < -0.3 is 20.6 Å². The average Bonchev–Trinajstić information content (AvgIpc) is 2.74. The third-order valence-corrected chi connectivity index (χ3v) is 6.17. The van der Waals surface area contributed by atoms with Crippen molar-refractivity contribution in [1.29, 1.82) is 0 Å². The Kier molecular flexibility index (Phi) is 7.55. The molecule has 1 aromatic rings. The van der Waals surface area contributed by atoms with Crippen LogP contribution in [-0.2, 0) is 4.79 Å². The van der Waals surface area contributed by atoms with Crippen LogP contribution in [0, 0.1) is 11.8 Å². The number of piperidine rings is 1. The lowest BCUT2D eigenvalue weighted by Gasteiger charge is -2.30. The lowest BCUT2D eigenvalue weighted by atomic mass is 9.84. The van der Waals surface area contributed by atoms with Crippen LogP contribution >= 0.6 is 0 Å². The molecule has 2 aliphatic rings. The van der Waals surface area contributed by atoms with Gasteiger partial charge in [0, 0.05) is 30.9 Å². The summed E-state index contributed by atoms with van der Waals surface area (Å²) in [5.41, 5.74) is 2.87. The SMILES string of the molecule is C=C1CCCC(CCNC(=C)Nc2ccc(C(=O)N3CCC(C(=O)O)CC3)cc2)C1. The summed E-state index contributed by atoms with van der Waals surface area (Å²) in [4.78, 5) is 25.4. The second-order valence-electron chi connectivity index (χ2n) is 8.51. The predicted octanol–water partition coefficient (Wildman–Crippen LogP) is 4.23. The number of carboxylic acids is 1. The number of allylic oxidation sites excluding steroid dienone is 1. The topological polar surface area (TPSA) is 81.7 Å². The first kappa shape index (κ1) is 21.9. The van der Waals surface area contributed by atoms with Gasteiger partial charge in [-0.05, 0) is 75.1 Å². The normalized spacial score (nSPS) is 19.9.